The van der Waals surface area contributed by atoms with Crippen LogP contribution in [0.2, 0.25) is 0 Å². The molecule has 1 saturated carbocycles. The Hall–Kier alpha value is -1.44. The summed E-state index contributed by atoms with van der Waals surface area (Å²) >= 11 is 0. The molecule has 1 aliphatic rings. The molecule has 98 valence electrons. The highest BCUT2D eigenvalue weighted by Gasteiger charge is 2.19. The topological polar surface area (TPSA) is 18.5 Å². The molecule has 2 nitrogen and oxygen atoms in total. The van der Waals surface area contributed by atoms with Gasteiger partial charge in [-0.1, -0.05) is 44.0 Å². The third-order valence-corrected chi connectivity index (χ3v) is 3.54. The number of hydrogen-bond donors (Lipinski definition) is 0. The first-order valence-electron chi connectivity index (χ1n) is 6.83. The lowest BCUT2D eigenvalue weighted by Crippen LogP contribution is -2.15. The van der Waals surface area contributed by atoms with Crippen molar-refractivity contribution in [2.45, 2.75) is 51.2 Å². The van der Waals surface area contributed by atoms with Crippen molar-refractivity contribution in [2.75, 3.05) is 0 Å². The number of ether oxygens (including phenoxy) is 2. The van der Waals surface area contributed by atoms with Crippen LogP contribution >= 0.6 is 0 Å². The zero-order chi connectivity index (χ0) is 12.8. The summed E-state index contributed by atoms with van der Waals surface area (Å²) < 4.78 is 11.1. The Kier molecular flexibility index (Phi) is 4.68. The van der Waals surface area contributed by atoms with Gasteiger partial charge in [-0.3, -0.25) is 0 Å². The van der Waals surface area contributed by atoms with Crippen LogP contribution in [0, 0.1) is 0 Å². The van der Waals surface area contributed by atoms with E-state index < -0.39 is 0 Å². The molecule has 1 aromatic carbocycles. The van der Waals surface area contributed by atoms with Crippen LogP contribution in [0.5, 0.6) is 5.75 Å². The van der Waals surface area contributed by atoms with Crippen molar-refractivity contribution in [2.24, 2.45) is 0 Å². The van der Waals surface area contributed by atoms with Crippen LogP contribution in [0.25, 0.3) is 0 Å². The largest absolute Gasteiger partial charge is 0.463 e. The standard InChI is InChI=1S/C16H22O2/c1-3-17-13(2)18-16-12-8-7-11-15(16)14-9-5-4-6-10-14/h3,7-8,11-14H,1,4-6,9-10H2,2H3. The Labute approximate surface area is 110 Å². The van der Waals surface area contributed by atoms with Gasteiger partial charge in [0.2, 0.25) is 6.29 Å². The van der Waals surface area contributed by atoms with E-state index in [1.165, 1.54) is 43.9 Å². The summed E-state index contributed by atoms with van der Waals surface area (Å²) in [5.74, 6) is 1.60. The van der Waals surface area contributed by atoms with Gasteiger partial charge in [0.15, 0.2) is 0 Å². The van der Waals surface area contributed by atoms with Crippen molar-refractivity contribution < 1.29 is 9.47 Å². The molecular formula is C16H22O2. The van der Waals surface area contributed by atoms with Gasteiger partial charge >= 0.3 is 0 Å². The van der Waals surface area contributed by atoms with Crippen LogP contribution < -0.4 is 4.74 Å². The smallest absolute Gasteiger partial charge is 0.237 e. The van der Waals surface area contributed by atoms with Crippen molar-refractivity contribution in [3.8, 4) is 5.75 Å². The number of rotatable bonds is 5. The van der Waals surface area contributed by atoms with Crippen LogP contribution in [0.1, 0.15) is 50.5 Å². The molecule has 2 heteroatoms. The first-order valence-corrected chi connectivity index (χ1v) is 6.83. The summed E-state index contributed by atoms with van der Waals surface area (Å²) in [5.41, 5.74) is 1.33. The maximum atomic E-state index is 5.85. The quantitative estimate of drug-likeness (QED) is 0.557. The molecule has 1 unspecified atom stereocenters. The third kappa shape index (κ3) is 3.28. The summed E-state index contributed by atoms with van der Waals surface area (Å²) in [7, 11) is 0. The fraction of sp³-hybridized carbons (Fsp3) is 0.500. The van der Waals surface area contributed by atoms with E-state index in [4.69, 9.17) is 9.47 Å². The van der Waals surface area contributed by atoms with Gasteiger partial charge in [-0.25, -0.2) is 0 Å². The van der Waals surface area contributed by atoms with E-state index in [9.17, 15) is 0 Å². The highest BCUT2D eigenvalue weighted by atomic mass is 16.7. The molecule has 1 aliphatic carbocycles. The van der Waals surface area contributed by atoms with Gasteiger partial charge in [-0.2, -0.15) is 0 Å². The van der Waals surface area contributed by atoms with Crippen LogP contribution in [0.3, 0.4) is 0 Å². The minimum atomic E-state index is -0.285. The molecule has 0 radical (unpaired) electrons. The lowest BCUT2D eigenvalue weighted by molar-refractivity contribution is -0.0141. The molecule has 0 N–H and O–H groups in total. The number of hydrogen-bond acceptors (Lipinski definition) is 2. The Morgan fingerprint density at radius 2 is 1.94 bits per heavy atom. The lowest BCUT2D eigenvalue weighted by atomic mass is 9.84. The van der Waals surface area contributed by atoms with Crippen LogP contribution in [0.15, 0.2) is 37.1 Å². The van der Waals surface area contributed by atoms with Crippen molar-refractivity contribution in [1.29, 1.82) is 0 Å². The van der Waals surface area contributed by atoms with Gasteiger partial charge in [-0.15, -0.1) is 0 Å². The van der Waals surface area contributed by atoms with Crippen LogP contribution in [0.4, 0.5) is 0 Å². The predicted molar refractivity (Wildman–Crippen MR) is 73.6 cm³/mol. The van der Waals surface area contributed by atoms with Gasteiger partial charge in [0.25, 0.3) is 0 Å². The Bertz CT molecular complexity index is 380. The highest BCUT2D eigenvalue weighted by Crippen LogP contribution is 2.37. The molecule has 18 heavy (non-hydrogen) atoms. The van der Waals surface area contributed by atoms with Crippen molar-refractivity contribution in [3.05, 3.63) is 42.7 Å². The average molecular weight is 246 g/mol. The molecule has 0 aliphatic heterocycles. The molecule has 1 atom stereocenters. The zero-order valence-electron chi connectivity index (χ0n) is 11.1. The van der Waals surface area contributed by atoms with E-state index >= 15 is 0 Å². The maximum absolute atomic E-state index is 5.85. The Morgan fingerprint density at radius 1 is 1.22 bits per heavy atom. The SMILES string of the molecule is C=COC(C)Oc1ccccc1C1CCCCC1. The van der Waals surface area contributed by atoms with Crippen molar-refractivity contribution in [3.63, 3.8) is 0 Å². The van der Waals surface area contributed by atoms with E-state index in [1.54, 1.807) is 0 Å². The predicted octanol–water partition coefficient (Wildman–Crippen LogP) is 4.62. The van der Waals surface area contributed by atoms with E-state index in [2.05, 4.69) is 18.7 Å². The first kappa shape index (κ1) is 13.0. The number of para-hydroxylation sites is 1. The van der Waals surface area contributed by atoms with Gasteiger partial charge in [0.05, 0.1) is 6.26 Å². The summed E-state index contributed by atoms with van der Waals surface area (Å²) in [6.07, 6.45) is 7.72. The molecule has 0 amide bonds. The second-order valence-electron chi connectivity index (χ2n) is 4.86. The van der Waals surface area contributed by atoms with E-state index in [0.717, 1.165) is 5.75 Å². The fourth-order valence-electron chi connectivity index (χ4n) is 2.68. The van der Waals surface area contributed by atoms with E-state index in [0.29, 0.717) is 5.92 Å². The molecule has 1 fully saturated rings. The van der Waals surface area contributed by atoms with Crippen LogP contribution in [-0.4, -0.2) is 6.29 Å². The molecule has 1 aromatic rings. The molecule has 0 aromatic heterocycles. The summed E-state index contributed by atoms with van der Waals surface area (Å²) in [5, 5.41) is 0. The molecule has 0 heterocycles. The summed E-state index contributed by atoms with van der Waals surface area (Å²) in [4.78, 5) is 0. The molecule has 0 saturated heterocycles. The van der Waals surface area contributed by atoms with Gasteiger partial charge in [0.1, 0.15) is 5.75 Å². The Morgan fingerprint density at radius 3 is 2.67 bits per heavy atom. The first-order chi connectivity index (χ1) is 8.81. The van der Waals surface area contributed by atoms with Gasteiger partial charge in [-0.05, 0) is 30.4 Å². The molecule has 2 rings (SSSR count). The summed E-state index contributed by atoms with van der Waals surface area (Å²) in [6.45, 7) is 5.44. The molecule has 0 spiro atoms. The minimum Gasteiger partial charge on any atom is -0.463 e. The number of benzene rings is 1. The van der Waals surface area contributed by atoms with Crippen LogP contribution in [-0.2, 0) is 4.74 Å². The second-order valence-corrected chi connectivity index (χ2v) is 4.86. The van der Waals surface area contributed by atoms with Crippen molar-refractivity contribution in [1.82, 2.24) is 0 Å². The highest BCUT2D eigenvalue weighted by molar-refractivity contribution is 5.36. The van der Waals surface area contributed by atoms with E-state index in [1.807, 2.05) is 19.1 Å². The monoisotopic (exact) mass is 246 g/mol. The molecule has 0 bridgehead atoms. The lowest BCUT2D eigenvalue weighted by Gasteiger charge is -2.25. The van der Waals surface area contributed by atoms with Gasteiger partial charge in [0, 0.05) is 6.92 Å². The molecular weight excluding hydrogens is 224 g/mol. The fourth-order valence-corrected chi connectivity index (χ4v) is 2.68. The third-order valence-electron chi connectivity index (χ3n) is 3.54. The van der Waals surface area contributed by atoms with E-state index in [-0.39, 0.29) is 6.29 Å². The maximum Gasteiger partial charge on any atom is 0.237 e. The minimum absolute atomic E-state index is 0.285. The Balaban J connectivity index is 2.11. The second kappa shape index (κ2) is 6.48. The average Bonchev–Trinajstić information content (AvgIpc) is 2.40. The van der Waals surface area contributed by atoms with Gasteiger partial charge < -0.3 is 9.47 Å². The normalized spacial score (nSPS) is 18.1. The zero-order valence-corrected chi connectivity index (χ0v) is 11.1. The van der Waals surface area contributed by atoms with Crippen molar-refractivity contribution >= 4 is 0 Å². The summed E-state index contributed by atoms with van der Waals surface area (Å²) in [6, 6.07) is 8.33.